The van der Waals surface area contributed by atoms with Gasteiger partial charge in [-0.2, -0.15) is 0 Å². The predicted octanol–water partition coefficient (Wildman–Crippen LogP) is 3.31. The zero-order valence-corrected chi connectivity index (χ0v) is 11.7. The minimum Gasteiger partial charge on any atom is -0.497 e. The molecule has 0 saturated carbocycles. The third-order valence-electron chi connectivity index (χ3n) is 2.75. The largest absolute Gasteiger partial charge is 0.497 e. The number of aromatic nitrogens is 2. The molecule has 0 aliphatic carbocycles. The molecule has 1 aromatic heterocycles. The maximum Gasteiger partial charge on any atom is 0.224 e. The standard InChI is InChI=1S/C14H16ClN3O/c1-3-11-8-13(18-14(15)17-11)16-9-10-4-6-12(19-2)7-5-10/h4-8H,3,9H2,1-2H3,(H,16,17,18). The molecule has 5 heteroatoms. The first-order valence-corrected chi connectivity index (χ1v) is 6.49. The number of nitrogens with one attached hydrogen (secondary N) is 1. The lowest BCUT2D eigenvalue weighted by atomic mass is 10.2. The van der Waals surface area contributed by atoms with Gasteiger partial charge in [-0.1, -0.05) is 19.1 Å². The van der Waals surface area contributed by atoms with E-state index >= 15 is 0 Å². The molecule has 0 saturated heterocycles. The van der Waals surface area contributed by atoms with Crippen LogP contribution in [0.3, 0.4) is 0 Å². The summed E-state index contributed by atoms with van der Waals surface area (Å²) < 4.78 is 5.12. The highest BCUT2D eigenvalue weighted by molar-refractivity contribution is 6.28. The fraction of sp³-hybridized carbons (Fsp3) is 0.286. The summed E-state index contributed by atoms with van der Waals surface area (Å²) in [6.45, 7) is 2.71. The van der Waals surface area contributed by atoms with Crippen molar-refractivity contribution in [3.05, 3.63) is 46.9 Å². The van der Waals surface area contributed by atoms with Gasteiger partial charge in [0.25, 0.3) is 0 Å². The molecule has 19 heavy (non-hydrogen) atoms. The minimum atomic E-state index is 0.275. The van der Waals surface area contributed by atoms with Crippen LogP contribution in [-0.2, 0) is 13.0 Å². The summed E-state index contributed by atoms with van der Waals surface area (Å²) in [5.74, 6) is 1.59. The van der Waals surface area contributed by atoms with E-state index < -0.39 is 0 Å². The van der Waals surface area contributed by atoms with Crippen molar-refractivity contribution in [3.63, 3.8) is 0 Å². The molecule has 1 N–H and O–H groups in total. The van der Waals surface area contributed by atoms with Crippen molar-refractivity contribution in [2.45, 2.75) is 19.9 Å². The van der Waals surface area contributed by atoms with Crippen LogP contribution in [0.25, 0.3) is 0 Å². The Bertz CT molecular complexity index is 543. The SMILES string of the molecule is CCc1cc(NCc2ccc(OC)cc2)nc(Cl)n1. The third kappa shape index (κ3) is 3.83. The second kappa shape index (κ2) is 6.38. The third-order valence-corrected chi connectivity index (χ3v) is 2.92. The second-order valence-corrected chi connectivity index (χ2v) is 4.41. The Labute approximate surface area is 117 Å². The zero-order valence-electron chi connectivity index (χ0n) is 11.0. The summed E-state index contributed by atoms with van der Waals surface area (Å²) in [7, 11) is 1.66. The smallest absolute Gasteiger partial charge is 0.224 e. The molecule has 0 radical (unpaired) electrons. The lowest BCUT2D eigenvalue weighted by molar-refractivity contribution is 0.414. The molecule has 100 valence electrons. The van der Waals surface area contributed by atoms with E-state index in [1.54, 1.807) is 7.11 Å². The van der Waals surface area contributed by atoms with Gasteiger partial charge in [0.15, 0.2) is 0 Å². The van der Waals surface area contributed by atoms with Gasteiger partial charge in [-0.05, 0) is 35.7 Å². The number of benzene rings is 1. The number of anilines is 1. The van der Waals surface area contributed by atoms with Gasteiger partial charge >= 0.3 is 0 Å². The van der Waals surface area contributed by atoms with Crippen LogP contribution >= 0.6 is 11.6 Å². The highest BCUT2D eigenvalue weighted by Gasteiger charge is 2.02. The van der Waals surface area contributed by atoms with E-state index in [-0.39, 0.29) is 5.28 Å². The Balaban J connectivity index is 2.03. The number of halogens is 1. The van der Waals surface area contributed by atoms with Crippen LogP contribution in [0.4, 0.5) is 5.82 Å². The number of ether oxygens (including phenoxy) is 1. The first-order chi connectivity index (χ1) is 9.21. The Morgan fingerprint density at radius 3 is 2.58 bits per heavy atom. The number of hydrogen-bond donors (Lipinski definition) is 1. The van der Waals surface area contributed by atoms with Gasteiger partial charge in [-0.15, -0.1) is 0 Å². The summed E-state index contributed by atoms with van der Waals surface area (Å²) in [4.78, 5) is 8.28. The van der Waals surface area contributed by atoms with Gasteiger partial charge in [0.05, 0.1) is 7.11 Å². The summed E-state index contributed by atoms with van der Waals surface area (Å²) in [5.41, 5.74) is 2.07. The van der Waals surface area contributed by atoms with E-state index in [0.717, 1.165) is 29.2 Å². The van der Waals surface area contributed by atoms with Crippen LogP contribution in [0.15, 0.2) is 30.3 Å². The van der Waals surface area contributed by atoms with Crippen molar-refractivity contribution in [1.82, 2.24) is 9.97 Å². The first kappa shape index (κ1) is 13.6. The van der Waals surface area contributed by atoms with E-state index in [4.69, 9.17) is 16.3 Å². The topological polar surface area (TPSA) is 47.0 Å². The second-order valence-electron chi connectivity index (χ2n) is 4.07. The number of methoxy groups -OCH3 is 1. The van der Waals surface area contributed by atoms with Gasteiger partial charge < -0.3 is 10.1 Å². The molecule has 2 rings (SSSR count). The monoisotopic (exact) mass is 277 g/mol. The Morgan fingerprint density at radius 1 is 1.21 bits per heavy atom. The Hall–Kier alpha value is -1.81. The molecular formula is C14H16ClN3O. The van der Waals surface area contributed by atoms with E-state index in [1.165, 1.54) is 0 Å². The van der Waals surface area contributed by atoms with Crippen LogP contribution in [0, 0.1) is 0 Å². The number of nitrogens with zero attached hydrogens (tertiary/aromatic N) is 2. The Kier molecular flexibility index (Phi) is 4.58. The van der Waals surface area contributed by atoms with Crippen LogP contribution in [0.2, 0.25) is 5.28 Å². The van der Waals surface area contributed by atoms with Crippen LogP contribution in [0.1, 0.15) is 18.2 Å². The fourth-order valence-corrected chi connectivity index (χ4v) is 1.87. The molecule has 0 unspecified atom stereocenters. The van der Waals surface area contributed by atoms with Gasteiger partial charge in [0, 0.05) is 18.3 Å². The van der Waals surface area contributed by atoms with Crippen molar-refractivity contribution in [3.8, 4) is 5.75 Å². The highest BCUT2D eigenvalue weighted by Crippen LogP contribution is 2.14. The normalized spacial score (nSPS) is 10.3. The van der Waals surface area contributed by atoms with Crippen molar-refractivity contribution >= 4 is 17.4 Å². The van der Waals surface area contributed by atoms with Crippen LogP contribution < -0.4 is 10.1 Å². The molecular weight excluding hydrogens is 262 g/mol. The summed E-state index contributed by atoms with van der Waals surface area (Å²) in [6.07, 6.45) is 0.833. The predicted molar refractivity (Wildman–Crippen MR) is 76.7 cm³/mol. The average molecular weight is 278 g/mol. The lowest BCUT2D eigenvalue weighted by Gasteiger charge is -2.08. The van der Waals surface area contributed by atoms with Crippen molar-refractivity contribution in [2.24, 2.45) is 0 Å². The first-order valence-electron chi connectivity index (χ1n) is 6.11. The van der Waals surface area contributed by atoms with Crippen LogP contribution in [0.5, 0.6) is 5.75 Å². The molecule has 0 bridgehead atoms. The quantitative estimate of drug-likeness (QED) is 0.852. The molecule has 0 aliphatic heterocycles. The van der Waals surface area contributed by atoms with Gasteiger partial charge in [-0.25, -0.2) is 9.97 Å². The van der Waals surface area contributed by atoms with E-state index in [9.17, 15) is 0 Å². The van der Waals surface area contributed by atoms with Crippen molar-refractivity contribution in [2.75, 3.05) is 12.4 Å². The Morgan fingerprint density at radius 2 is 1.95 bits per heavy atom. The number of aryl methyl sites for hydroxylation is 1. The fourth-order valence-electron chi connectivity index (χ4n) is 1.67. The lowest BCUT2D eigenvalue weighted by Crippen LogP contribution is -2.03. The van der Waals surface area contributed by atoms with Gasteiger partial charge in [0.2, 0.25) is 5.28 Å². The average Bonchev–Trinajstić information content (AvgIpc) is 2.45. The number of rotatable bonds is 5. The maximum atomic E-state index is 5.87. The maximum absolute atomic E-state index is 5.87. The van der Waals surface area contributed by atoms with Gasteiger partial charge in [0.1, 0.15) is 11.6 Å². The summed E-state index contributed by atoms with van der Waals surface area (Å²) >= 11 is 5.87. The highest BCUT2D eigenvalue weighted by atomic mass is 35.5. The van der Waals surface area contributed by atoms with E-state index in [1.807, 2.05) is 37.3 Å². The molecule has 0 amide bonds. The zero-order chi connectivity index (χ0) is 13.7. The molecule has 1 heterocycles. The molecule has 1 aromatic carbocycles. The summed E-state index contributed by atoms with van der Waals surface area (Å²) in [5, 5.41) is 3.51. The van der Waals surface area contributed by atoms with Crippen molar-refractivity contribution < 1.29 is 4.74 Å². The van der Waals surface area contributed by atoms with E-state index in [2.05, 4.69) is 15.3 Å². The van der Waals surface area contributed by atoms with E-state index in [0.29, 0.717) is 6.54 Å². The van der Waals surface area contributed by atoms with Crippen LogP contribution in [-0.4, -0.2) is 17.1 Å². The van der Waals surface area contributed by atoms with Crippen molar-refractivity contribution in [1.29, 1.82) is 0 Å². The molecule has 2 aromatic rings. The molecule has 0 aliphatic rings. The summed E-state index contributed by atoms with van der Waals surface area (Å²) in [6, 6.07) is 9.79. The molecule has 4 nitrogen and oxygen atoms in total. The number of hydrogen-bond acceptors (Lipinski definition) is 4. The molecule has 0 fully saturated rings. The minimum absolute atomic E-state index is 0.275. The van der Waals surface area contributed by atoms with Gasteiger partial charge in [-0.3, -0.25) is 0 Å². The molecule has 0 atom stereocenters. The molecule has 0 spiro atoms.